The molecule has 2 heterocycles. The minimum atomic E-state index is -0.733. The second kappa shape index (κ2) is 9.11. The van der Waals surface area contributed by atoms with Gasteiger partial charge in [-0.15, -0.1) is 0 Å². The van der Waals surface area contributed by atoms with Crippen LogP contribution in [0, 0.1) is 13.8 Å². The molecule has 4 rings (SSSR count). The Morgan fingerprint density at radius 3 is 2.64 bits per heavy atom. The van der Waals surface area contributed by atoms with Crippen LogP contribution in [0.3, 0.4) is 0 Å². The van der Waals surface area contributed by atoms with Crippen LogP contribution in [0.4, 0.5) is 0 Å². The fraction of sp³-hybridized carbons (Fsp3) is 0.308. The maximum absolute atomic E-state index is 13.3. The summed E-state index contributed by atoms with van der Waals surface area (Å²) in [4.78, 5) is 31.2. The van der Waals surface area contributed by atoms with Gasteiger partial charge in [-0.25, -0.2) is 0 Å². The number of hydrogen-bond donors (Lipinski definition) is 2. The molecule has 1 unspecified atom stereocenters. The van der Waals surface area contributed by atoms with E-state index in [1.807, 2.05) is 44.2 Å². The standard InChI is InChI=1S/C26H28N2O5/c1-15-12-16(2)25(33-4)18(13-15)23(29)21-22(19-14-27-20-9-6-5-8-17(19)20)28(10-7-11-32-3)26(31)24(21)30/h5-6,8-9,12-14,22,27,29H,7,10-11H2,1-4H3/b23-21+. The summed E-state index contributed by atoms with van der Waals surface area (Å²) in [5, 5.41) is 12.4. The SMILES string of the molecule is COCCCN1C(=O)C(=O)/C(=C(/O)c2cc(C)cc(C)c2OC)C1c1c[nH]c2ccccc12. The van der Waals surface area contributed by atoms with Crippen molar-refractivity contribution >= 4 is 28.4 Å². The number of carbonyl (C=O) groups is 2. The van der Waals surface area contributed by atoms with Gasteiger partial charge in [0.25, 0.3) is 11.7 Å². The first-order valence-electron chi connectivity index (χ1n) is 10.9. The minimum absolute atomic E-state index is 0.0606. The van der Waals surface area contributed by atoms with E-state index in [9.17, 15) is 14.7 Å². The van der Waals surface area contributed by atoms with E-state index in [4.69, 9.17) is 9.47 Å². The Bertz CT molecular complexity index is 1260. The number of aromatic amines is 1. The molecular formula is C26H28N2O5. The highest BCUT2D eigenvalue weighted by Crippen LogP contribution is 2.43. The number of aromatic nitrogens is 1. The lowest BCUT2D eigenvalue weighted by atomic mass is 9.93. The van der Waals surface area contributed by atoms with E-state index in [0.717, 1.165) is 27.6 Å². The Labute approximate surface area is 192 Å². The van der Waals surface area contributed by atoms with E-state index < -0.39 is 17.7 Å². The Kier molecular flexibility index (Phi) is 6.24. The highest BCUT2D eigenvalue weighted by atomic mass is 16.5. The summed E-state index contributed by atoms with van der Waals surface area (Å²) in [6.45, 7) is 4.56. The average Bonchev–Trinajstić information content (AvgIpc) is 3.32. The highest BCUT2D eigenvalue weighted by Gasteiger charge is 2.46. The predicted molar refractivity (Wildman–Crippen MR) is 126 cm³/mol. The van der Waals surface area contributed by atoms with Crippen molar-refractivity contribution in [3.63, 3.8) is 0 Å². The molecule has 0 saturated carbocycles. The molecule has 7 heteroatoms. The Hall–Kier alpha value is -3.58. The molecule has 2 N–H and O–H groups in total. The second-order valence-corrected chi connectivity index (χ2v) is 8.29. The second-order valence-electron chi connectivity index (χ2n) is 8.29. The topological polar surface area (TPSA) is 91.9 Å². The highest BCUT2D eigenvalue weighted by molar-refractivity contribution is 6.46. The number of amides is 1. The number of nitrogens with zero attached hydrogens (tertiary/aromatic N) is 1. The first-order chi connectivity index (χ1) is 15.9. The van der Waals surface area contributed by atoms with Crippen LogP contribution in [0.2, 0.25) is 0 Å². The zero-order chi connectivity index (χ0) is 23.7. The van der Waals surface area contributed by atoms with Crippen LogP contribution in [0.15, 0.2) is 48.2 Å². The van der Waals surface area contributed by atoms with Crippen LogP contribution in [0.1, 0.15) is 34.7 Å². The first kappa shape index (κ1) is 22.6. The number of aliphatic hydroxyl groups is 1. The number of H-pyrrole nitrogens is 1. The van der Waals surface area contributed by atoms with Gasteiger partial charge in [0.15, 0.2) is 0 Å². The Morgan fingerprint density at radius 1 is 1.15 bits per heavy atom. The van der Waals surface area contributed by atoms with Crippen LogP contribution in [-0.2, 0) is 14.3 Å². The molecule has 3 aromatic rings. The molecule has 172 valence electrons. The van der Waals surface area contributed by atoms with E-state index in [2.05, 4.69) is 4.98 Å². The summed E-state index contributed by atoms with van der Waals surface area (Å²) in [6.07, 6.45) is 2.37. The van der Waals surface area contributed by atoms with Crippen molar-refractivity contribution in [1.82, 2.24) is 9.88 Å². The fourth-order valence-corrected chi connectivity index (χ4v) is 4.68. The first-order valence-corrected chi connectivity index (χ1v) is 10.9. The quantitative estimate of drug-likeness (QED) is 0.244. The zero-order valence-corrected chi connectivity index (χ0v) is 19.3. The average molecular weight is 449 g/mol. The largest absolute Gasteiger partial charge is 0.507 e. The van der Waals surface area contributed by atoms with Gasteiger partial charge in [0, 0.05) is 42.9 Å². The minimum Gasteiger partial charge on any atom is -0.507 e. The normalized spacial score (nSPS) is 17.8. The molecule has 2 aromatic carbocycles. The molecule has 0 bridgehead atoms. The predicted octanol–water partition coefficient (Wildman–Crippen LogP) is 4.25. The molecule has 1 amide bonds. The summed E-state index contributed by atoms with van der Waals surface area (Å²) >= 11 is 0. The fourth-order valence-electron chi connectivity index (χ4n) is 4.68. The number of benzene rings is 2. The summed E-state index contributed by atoms with van der Waals surface area (Å²) in [5.74, 6) is -1.10. The summed E-state index contributed by atoms with van der Waals surface area (Å²) in [7, 11) is 3.12. The number of ether oxygens (including phenoxy) is 2. The number of Topliss-reactive ketones (excluding diaryl/α,β-unsaturated/α-hetero) is 1. The molecule has 33 heavy (non-hydrogen) atoms. The van der Waals surface area contributed by atoms with Gasteiger partial charge in [0.2, 0.25) is 0 Å². The number of aryl methyl sites for hydroxylation is 2. The van der Waals surface area contributed by atoms with E-state index in [1.165, 1.54) is 12.0 Å². The van der Waals surface area contributed by atoms with Crippen LogP contribution in [0.25, 0.3) is 16.7 Å². The molecule has 0 radical (unpaired) electrons. The lowest BCUT2D eigenvalue weighted by Crippen LogP contribution is -2.31. The number of rotatable bonds is 7. The van der Waals surface area contributed by atoms with Gasteiger partial charge in [0.05, 0.1) is 24.3 Å². The van der Waals surface area contributed by atoms with E-state index >= 15 is 0 Å². The number of ketones is 1. The summed E-state index contributed by atoms with van der Waals surface area (Å²) in [6, 6.07) is 10.7. The smallest absolute Gasteiger partial charge is 0.295 e. The molecule has 1 atom stereocenters. The van der Waals surface area contributed by atoms with E-state index in [0.29, 0.717) is 30.9 Å². The number of hydrogen-bond acceptors (Lipinski definition) is 5. The molecule has 7 nitrogen and oxygen atoms in total. The zero-order valence-electron chi connectivity index (χ0n) is 19.3. The third-order valence-corrected chi connectivity index (χ3v) is 6.08. The molecular weight excluding hydrogens is 420 g/mol. The van der Waals surface area contributed by atoms with Gasteiger partial charge in [-0.1, -0.05) is 24.3 Å². The molecule has 0 spiro atoms. The molecule has 1 fully saturated rings. The third kappa shape index (κ3) is 3.89. The van der Waals surface area contributed by atoms with Crippen LogP contribution in [0.5, 0.6) is 5.75 Å². The van der Waals surface area contributed by atoms with Crippen molar-refractivity contribution in [2.75, 3.05) is 27.4 Å². The number of likely N-dealkylation sites (tertiary alicyclic amines) is 1. The van der Waals surface area contributed by atoms with Crippen molar-refractivity contribution in [3.05, 3.63) is 70.4 Å². The van der Waals surface area contributed by atoms with Crippen LogP contribution < -0.4 is 4.74 Å². The number of aliphatic hydroxyl groups excluding tert-OH is 1. The van der Waals surface area contributed by atoms with Crippen molar-refractivity contribution in [2.24, 2.45) is 0 Å². The van der Waals surface area contributed by atoms with Gasteiger partial charge in [-0.2, -0.15) is 0 Å². The Balaban J connectivity index is 1.95. The van der Waals surface area contributed by atoms with Gasteiger partial charge < -0.3 is 24.5 Å². The van der Waals surface area contributed by atoms with E-state index in [1.54, 1.807) is 19.4 Å². The summed E-state index contributed by atoms with van der Waals surface area (Å²) in [5.41, 5.74) is 3.84. The van der Waals surface area contributed by atoms with Crippen molar-refractivity contribution < 1.29 is 24.2 Å². The number of methoxy groups -OCH3 is 2. The van der Waals surface area contributed by atoms with Crippen molar-refractivity contribution in [2.45, 2.75) is 26.3 Å². The van der Waals surface area contributed by atoms with Crippen LogP contribution >= 0.6 is 0 Å². The van der Waals surface area contributed by atoms with Gasteiger partial charge >= 0.3 is 0 Å². The molecule has 1 aliphatic heterocycles. The van der Waals surface area contributed by atoms with Gasteiger partial charge in [0.1, 0.15) is 11.5 Å². The maximum atomic E-state index is 13.3. The summed E-state index contributed by atoms with van der Waals surface area (Å²) < 4.78 is 10.7. The molecule has 1 aliphatic rings. The van der Waals surface area contributed by atoms with Crippen LogP contribution in [-0.4, -0.2) is 54.1 Å². The lowest BCUT2D eigenvalue weighted by Gasteiger charge is -2.25. The molecule has 1 aromatic heterocycles. The molecule has 0 aliphatic carbocycles. The van der Waals surface area contributed by atoms with Gasteiger partial charge in [-0.3, -0.25) is 9.59 Å². The van der Waals surface area contributed by atoms with E-state index in [-0.39, 0.29) is 11.3 Å². The number of carbonyl (C=O) groups excluding carboxylic acids is 2. The Morgan fingerprint density at radius 2 is 1.91 bits per heavy atom. The maximum Gasteiger partial charge on any atom is 0.295 e. The number of nitrogens with one attached hydrogen (secondary N) is 1. The van der Waals surface area contributed by atoms with Crippen molar-refractivity contribution in [3.8, 4) is 5.75 Å². The molecule has 1 saturated heterocycles. The monoisotopic (exact) mass is 448 g/mol. The number of fused-ring (bicyclic) bond motifs is 1. The number of para-hydroxylation sites is 1. The third-order valence-electron chi connectivity index (χ3n) is 6.08. The van der Waals surface area contributed by atoms with Crippen molar-refractivity contribution in [1.29, 1.82) is 0 Å². The van der Waals surface area contributed by atoms with Gasteiger partial charge in [-0.05, 0) is 43.5 Å². The lowest BCUT2D eigenvalue weighted by molar-refractivity contribution is -0.140.